The molecule has 0 unspecified atom stereocenters. The number of rotatable bonds is 7. The first-order valence-corrected chi connectivity index (χ1v) is 7.83. The third kappa shape index (κ3) is 9.48. The minimum Gasteiger partial charge on any atom is -1.00 e. The summed E-state index contributed by atoms with van der Waals surface area (Å²) in [5.74, 6) is -4.57. The summed E-state index contributed by atoms with van der Waals surface area (Å²) in [6, 6.07) is 16.9. The molecule has 4 nitrogen and oxygen atoms in total. The van der Waals surface area contributed by atoms with Crippen LogP contribution in [0.4, 0.5) is 13.2 Å². The van der Waals surface area contributed by atoms with E-state index in [-0.39, 0.29) is 55.1 Å². The Morgan fingerprint density at radius 2 is 1.18 bits per heavy atom. The van der Waals surface area contributed by atoms with E-state index in [1.807, 2.05) is 0 Å². The number of carbonyl (C=O) groups is 2. The molecule has 28 heavy (non-hydrogen) atoms. The van der Waals surface area contributed by atoms with Gasteiger partial charge in [0.05, 0.1) is 6.42 Å². The monoisotopic (exact) mass is 404 g/mol. The third-order valence-corrected chi connectivity index (χ3v) is 3.45. The van der Waals surface area contributed by atoms with Crippen LogP contribution in [0.25, 0.3) is 0 Å². The van der Waals surface area contributed by atoms with Crippen molar-refractivity contribution in [2.24, 2.45) is 5.92 Å². The summed E-state index contributed by atoms with van der Waals surface area (Å²) < 4.78 is 48.0. The summed E-state index contributed by atoms with van der Waals surface area (Å²) in [4.78, 5) is 24.0. The van der Waals surface area contributed by atoms with Gasteiger partial charge in [0.1, 0.15) is 13.2 Å². The van der Waals surface area contributed by atoms with E-state index >= 15 is 0 Å². The molecule has 0 aliphatic heterocycles. The second kappa shape index (κ2) is 12.7. The number of hydrogen-bond donors (Lipinski definition) is 0. The molecule has 2 rings (SSSR count). The molecule has 0 atom stereocenters. The van der Waals surface area contributed by atoms with Crippen molar-refractivity contribution in [3.63, 3.8) is 0 Å². The molecular formula is C19H21AlF3LiO4. The number of carbonyl (C=O) groups excluding carboxylic acids is 2. The van der Waals surface area contributed by atoms with Crippen molar-refractivity contribution >= 4 is 29.3 Å². The van der Waals surface area contributed by atoms with E-state index in [0.717, 1.165) is 0 Å². The predicted molar refractivity (Wildman–Crippen MR) is 96.8 cm³/mol. The quantitative estimate of drug-likeness (QED) is 0.394. The zero-order valence-electron chi connectivity index (χ0n) is 19.3. The van der Waals surface area contributed by atoms with Crippen LogP contribution < -0.4 is 18.9 Å². The van der Waals surface area contributed by atoms with Gasteiger partial charge in [-0.3, -0.25) is 9.59 Å². The minimum atomic E-state index is -4.71. The summed E-state index contributed by atoms with van der Waals surface area (Å²) in [6.07, 6.45) is -6.34. The van der Waals surface area contributed by atoms with Gasteiger partial charge in [-0.2, -0.15) is 13.2 Å². The minimum absolute atomic E-state index is 0. The Bertz CT molecular complexity index is 689. The first-order chi connectivity index (χ1) is 12.3. The molecule has 2 aromatic carbocycles. The van der Waals surface area contributed by atoms with E-state index in [1.54, 1.807) is 60.7 Å². The van der Waals surface area contributed by atoms with Crippen molar-refractivity contribution in [1.29, 1.82) is 0 Å². The van der Waals surface area contributed by atoms with Crippen LogP contribution in [0.5, 0.6) is 0 Å². The number of hydrogen-bond acceptors (Lipinski definition) is 4. The Morgan fingerprint density at radius 1 is 0.821 bits per heavy atom. The van der Waals surface area contributed by atoms with Crippen LogP contribution in [0.15, 0.2) is 60.7 Å². The van der Waals surface area contributed by atoms with Crippen molar-refractivity contribution in [2.45, 2.75) is 25.8 Å². The molecule has 0 aromatic heterocycles. The number of alkyl halides is 3. The van der Waals surface area contributed by atoms with Crippen molar-refractivity contribution in [2.75, 3.05) is 0 Å². The molecule has 0 saturated carbocycles. The van der Waals surface area contributed by atoms with E-state index in [4.69, 9.17) is 9.47 Å². The number of ether oxygens (including phenoxy) is 2. The molecule has 0 amide bonds. The van der Waals surface area contributed by atoms with Crippen molar-refractivity contribution in [3.8, 4) is 0 Å². The molecule has 146 valence electrons. The number of esters is 2. The first kappa shape index (κ1) is 26.3. The van der Waals surface area contributed by atoms with Gasteiger partial charge >= 0.3 is 54.3 Å². The molecule has 0 aliphatic carbocycles. The second-order valence-corrected chi connectivity index (χ2v) is 5.56. The SMILES string of the molecule is O=C(OCc1ccccc1)C(CC(F)(F)F)C(=O)OCc1ccccc1.[Al+3].[H-].[H-].[H-].[H-].[Li+]. The predicted octanol–water partition coefficient (Wildman–Crippen LogP) is 1.11. The van der Waals surface area contributed by atoms with E-state index in [9.17, 15) is 22.8 Å². The van der Waals surface area contributed by atoms with Crippen molar-refractivity contribution < 1.29 is 56.8 Å². The molecule has 9 heteroatoms. The van der Waals surface area contributed by atoms with Gasteiger partial charge in [0.2, 0.25) is 0 Å². The van der Waals surface area contributed by atoms with Gasteiger partial charge in [0, 0.05) is 0 Å². The summed E-state index contributed by atoms with van der Waals surface area (Å²) in [6.45, 7) is -0.444. The van der Waals surface area contributed by atoms with Crippen LogP contribution in [-0.4, -0.2) is 35.5 Å². The van der Waals surface area contributed by atoms with E-state index in [2.05, 4.69) is 0 Å². The maximum absolute atomic E-state index is 12.7. The fraction of sp³-hybridized carbons (Fsp3) is 0.263. The second-order valence-electron chi connectivity index (χ2n) is 5.56. The smallest absolute Gasteiger partial charge is 1.00 e. The fourth-order valence-corrected chi connectivity index (χ4v) is 2.15. The third-order valence-electron chi connectivity index (χ3n) is 3.45. The molecule has 0 heterocycles. The molecular weight excluding hydrogens is 383 g/mol. The van der Waals surface area contributed by atoms with E-state index in [1.165, 1.54) is 0 Å². The Morgan fingerprint density at radius 3 is 1.50 bits per heavy atom. The first-order valence-electron chi connectivity index (χ1n) is 7.83. The summed E-state index contributed by atoms with van der Waals surface area (Å²) in [5, 5.41) is 0. The summed E-state index contributed by atoms with van der Waals surface area (Å²) in [5.41, 5.74) is 1.20. The topological polar surface area (TPSA) is 52.6 Å². The average Bonchev–Trinajstić information content (AvgIpc) is 2.63. The Kier molecular flexibility index (Phi) is 11.9. The van der Waals surface area contributed by atoms with Gasteiger partial charge in [-0.05, 0) is 11.1 Å². The summed E-state index contributed by atoms with van der Waals surface area (Å²) in [7, 11) is 0. The maximum atomic E-state index is 12.7. The van der Waals surface area contributed by atoms with Crippen molar-refractivity contribution in [1.82, 2.24) is 0 Å². The van der Waals surface area contributed by atoms with Gasteiger partial charge in [-0.15, -0.1) is 0 Å². The van der Waals surface area contributed by atoms with E-state index < -0.39 is 30.5 Å². The zero-order valence-corrected chi connectivity index (χ0v) is 16.5. The molecule has 0 saturated heterocycles. The van der Waals surface area contributed by atoms with Crippen LogP contribution in [0.1, 0.15) is 23.3 Å². The van der Waals surface area contributed by atoms with Crippen molar-refractivity contribution in [3.05, 3.63) is 71.8 Å². The molecule has 0 bridgehead atoms. The standard InChI is InChI=1S/C19H17F3O4.Al.Li.4H/c20-19(21,22)11-16(17(23)25-12-14-7-3-1-4-8-14)18(24)26-13-15-9-5-2-6-10-15;;;;;;/h1-10,16H,11-13H2;;;;;;/q;+3;+1;4*-1. The van der Waals surface area contributed by atoms with Gasteiger partial charge < -0.3 is 15.2 Å². The Hall–Kier alpha value is -1.70. The van der Waals surface area contributed by atoms with Crippen LogP contribution in [0, 0.1) is 5.92 Å². The average molecular weight is 404 g/mol. The molecule has 0 fully saturated rings. The number of halogens is 3. The van der Waals surface area contributed by atoms with Crippen LogP contribution in [0.2, 0.25) is 0 Å². The van der Waals surface area contributed by atoms with E-state index in [0.29, 0.717) is 11.1 Å². The van der Waals surface area contributed by atoms with Gasteiger partial charge in [-0.25, -0.2) is 0 Å². The van der Waals surface area contributed by atoms with Gasteiger partial charge in [0.15, 0.2) is 5.92 Å². The normalized spacial score (nSPS) is 10.4. The van der Waals surface area contributed by atoms with Crippen LogP contribution >= 0.6 is 0 Å². The molecule has 2 aromatic rings. The molecule has 0 aliphatic rings. The Labute approximate surface area is 189 Å². The number of benzene rings is 2. The molecule has 0 radical (unpaired) electrons. The molecule has 0 N–H and O–H groups in total. The fourth-order valence-electron chi connectivity index (χ4n) is 2.15. The summed E-state index contributed by atoms with van der Waals surface area (Å²) >= 11 is 0. The van der Waals surface area contributed by atoms with Gasteiger partial charge in [-0.1, -0.05) is 60.7 Å². The maximum Gasteiger partial charge on any atom is 3.00 e. The zero-order chi connectivity index (χ0) is 19.0. The van der Waals surface area contributed by atoms with Crippen LogP contribution in [0.3, 0.4) is 0 Å². The Balaban J connectivity index is -0.000000405. The largest absolute Gasteiger partial charge is 3.00 e. The van der Waals surface area contributed by atoms with Crippen LogP contribution in [-0.2, 0) is 32.3 Å². The van der Waals surface area contributed by atoms with Gasteiger partial charge in [0.25, 0.3) is 0 Å². The molecule has 0 spiro atoms.